The van der Waals surface area contributed by atoms with Gasteiger partial charge in [-0.1, -0.05) is 60.7 Å². The second kappa shape index (κ2) is 7.67. The van der Waals surface area contributed by atoms with E-state index in [9.17, 15) is 0 Å². The molecule has 132 valence electrons. The Hall–Kier alpha value is -1.72. The maximum Gasteiger partial charge on any atom is 0.186 e. The third kappa shape index (κ3) is 3.93. The summed E-state index contributed by atoms with van der Waals surface area (Å²) in [6.45, 7) is 1.10. The molecule has 1 saturated heterocycles. The first-order valence-electron chi connectivity index (χ1n) is 8.84. The van der Waals surface area contributed by atoms with Crippen molar-refractivity contribution in [2.45, 2.75) is 44.2 Å². The zero-order chi connectivity index (χ0) is 17.1. The van der Waals surface area contributed by atoms with Crippen molar-refractivity contribution in [2.75, 3.05) is 7.11 Å². The van der Waals surface area contributed by atoms with Gasteiger partial charge in [0.25, 0.3) is 0 Å². The number of methoxy groups -OCH3 is 1. The molecule has 0 radical (unpaired) electrons. The van der Waals surface area contributed by atoms with Gasteiger partial charge >= 0.3 is 0 Å². The Morgan fingerprint density at radius 2 is 1.40 bits per heavy atom. The number of hydrogen-bond donors (Lipinski definition) is 0. The molecule has 1 heterocycles. The van der Waals surface area contributed by atoms with E-state index >= 15 is 0 Å². The van der Waals surface area contributed by atoms with Gasteiger partial charge in [-0.25, -0.2) is 0 Å². The van der Waals surface area contributed by atoms with Crippen LogP contribution in [0.3, 0.4) is 0 Å². The van der Waals surface area contributed by atoms with E-state index in [1.807, 2.05) is 36.4 Å². The Kier molecular flexibility index (Phi) is 5.13. The maximum atomic E-state index is 6.27. The average molecular weight is 340 g/mol. The number of benzene rings is 2. The quantitative estimate of drug-likeness (QED) is 0.772. The zero-order valence-corrected chi connectivity index (χ0v) is 14.4. The highest BCUT2D eigenvalue weighted by Crippen LogP contribution is 2.46. The van der Waals surface area contributed by atoms with E-state index in [1.54, 1.807) is 7.11 Å². The molecule has 0 amide bonds. The number of fused-ring (bicyclic) bond motifs is 1. The molecule has 0 N–H and O–H groups in total. The Balaban J connectivity index is 1.43. The van der Waals surface area contributed by atoms with Crippen molar-refractivity contribution in [1.29, 1.82) is 0 Å². The second-order valence-corrected chi connectivity index (χ2v) is 6.70. The minimum Gasteiger partial charge on any atom is -0.370 e. The van der Waals surface area contributed by atoms with Crippen LogP contribution in [0.2, 0.25) is 0 Å². The topological polar surface area (TPSA) is 36.9 Å². The fraction of sp³-hybridized carbons (Fsp3) is 0.429. The van der Waals surface area contributed by atoms with Crippen LogP contribution >= 0.6 is 0 Å². The Morgan fingerprint density at radius 3 is 1.96 bits per heavy atom. The molecule has 1 aliphatic carbocycles. The molecule has 4 heteroatoms. The molecular weight excluding hydrogens is 316 g/mol. The molecule has 5 unspecified atom stereocenters. The zero-order valence-electron chi connectivity index (χ0n) is 14.4. The number of ether oxygens (including phenoxy) is 4. The van der Waals surface area contributed by atoms with Crippen molar-refractivity contribution in [2.24, 2.45) is 5.92 Å². The third-order valence-corrected chi connectivity index (χ3v) is 4.90. The van der Waals surface area contributed by atoms with Crippen molar-refractivity contribution in [3.05, 3.63) is 71.8 Å². The fourth-order valence-electron chi connectivity index (χ4n) is 3.45. The summed E-state index contributed by atoms with van der Waals surface area (Å²) in [5.74, 6) is 0.399. The Bertz CT molecular complexity index is 660. The van der Waals surface area contributed by atoms with Crippen LogP contribution in [0.15, 0.2) is 60.7 Å². The summed E-state index contributed by atoms with van der Waals surface area (Å²) in [5.41, 5.74) is 2.30. The summed E-state index contributed by atoms with van der Waals surface area (Å²) in [6, 6.07) is 20.4. The molecule has 25 heavy (non-hydrogen) atoms. The van der Waals surface area contributed by atoms with Gasteiger partial charge in [0.2, 0.25) is 0 Å². The van der Waals surface area contributed by atoms with Gasteiger partial charge < -0.3 is 18.9 Å². The van der Waals surface area contributed by atoms with Crippen LogP contribution in [0, 0.1) is 5.92 Å². The van der Waals surface area contributed by atoms with Crippen LogP contribution in [0.1, 0.15) is 17.5 Å². The summed E-state index contributed by atoms with van der Waals surface area (Å²) >= 11 is 0. The molecule has 0 bridgehead atoms. The first-order chi connectivity index (χ1) is 12.3. The lowest BCUT2D eigenvalue weighted by Gasteiger charge is -2.36. The van der Waals surface area contributed by atoms with Crippen molar-refractivity contribution < 1.29 is 18.9 Å². The average Bonchev–Trinajstić information content (AvgIpc) is 3.45. The molecule has 2 aliphatic rings. The van der Waals surface area contributed by atoms with E-state index in [4.69, 9.17) is 18.9 Å². The predicted molar refractivity (Wildman–Crippen MR) is 93.8 cm³/mol. The maximum absolute atomic E-state index is 6.27. The van der Waals surface area contributed by atoms with E-state index in [1.165, 1.54) is 5.56 Å². The molecule has 1 aliphatic heterocycles. The van der Waals surface area contributed by atoms with E-state index in [0.29, 0.717) is 19.1 Å². The van der Waals surface area contributed by atoms with Crippen LogP contribution in [0.4, 0.5) is 0 Å². The van der Waals surface area contributed by atoms with Crippen molar-refractivity contribution in [3.63, 3.8) is 0 Å². The number of rotatable bonds is 7. The first kappa shape index (κ1) is 16.7. The summed E-state index contributed by atoms with van der Waals surface area (Å²) < 4.78 is 24.0. The van der Waals surface area contributed by atoms with Crippen LogP contribution in [0.25, 0.3) is 0 Å². The molecule has 4 nitrogen and oxygen atoms in total. The van der Waals surface area contributed by atoms with Crippen molar-refractivity contribution >= 4 is 0 Å². The molecule has 1 saturated carbocycles. The Labute approximate surface area is 148 Å². The monoisotopic (exact) mass is 340 g/mol. The summed E-state index contributed by atoms with van der Waals surface area (Å²) in [7, 11) is 1.67. The van der Waals surface area contributed by atoms with Crippen LogP contribution in [-0.2, 0) is 32.2 Å². The van der Waals surface area contributed by atoms with E-state index in [0.717, 1.165) is 12.0 Å². The summed E-state index contributed by atoms with van der Waals surface area (Å²) in [6.07, 6.45) is 0.644. The molecule has 0 aromatic heterocycles. The van der Waals surface area contributed by atoms with E-state index in [-0.39, 0.29) is 24.6 Å². The molecule has 2 fully saturated rings. The minimum atomic E-state index is -0.381. The summed E-state index contributed by atoms with van der Waals surface area (Å²) in [4.78, 5) is 0. The van der Waals surface area contributed by atoms with Crippen LogP contribution < -0.4 is 0 Å². The highest BCUT2D eigenvalue weighted by atomic mass is 16.7. The first-order valence-corrected chi connectivity index (χ1v) is 8.84. The van der Waals surface area contributed by atoms with Gasteiger partial charge in [0, 0.05) is 13.0 Å². The normalized spacial score (nSPS) is 30.7. The van der Waals surface area contributed by atoms with Crippen LogP contribution in [0.5, 0.6) is 0 Å². The lowest BCUT2D eigenvalue weighted by atomic mass is 10.1. The molecule has 0 spiro atoms. The predicted octanol–water partition coefficient (Wildman–Crippen LogP) is 3.55. The Morgan fingerprint density at radius 1 is 0.840 bits per heavy atom. The molecule has 2 aromatic carbocycles. The smallest absolute Gasteiger partial charge is 0.186 e. The molecule has 4 rings (SSSR count). The van der Waals surface area contributed by atoms with Gasteiger partial charge in [-0.2, -0.15) is 0 Å². The standard InChI is InChI=1S/C21H24O4/c1-22-21-20(24-14-16-10-6-3-7-11-16)19(17-12-18(17)25-21)23-13-15-8-4-2-5-9-15/h2-11,17-21H,12-14H2,1H3. The van der Waals surface area contributed by atoms with Gasteiger partial charge in [-0.05, 0) is 17.5 Å². The fourth-order valence-corrected chi connectivity index (χ4v) is 3.45. The van der Waals surface area contributed by atoms with Gasteiger partial charge in [-0.15, -0.1) is 0 Å². The lowest BCUT2D eigenvalue weighted by Crippen LogP contribution is -2.49. The van der Waals surface area contributed by atoms with Gasteiger partial charge in [0.15, 0.2) is 6.29 Å². The van der Waals surface area contributed by atoms with Gasteiger partial charge in [0.1, 0.15) is 6.10 Å². The van der Waals surface area contributed by atoms with Crippen LogP contribution in [-0.4, -0.2) is 31.7 Å². The summed E-state index contributed by atoms with van der Waals surface area (Å²) in [5, 5.41) is 0. The van der Waals surface area contributed by atoms with E-state index < -0.39 is 0 Å². The highest BCUT2D eigenvalue weighted by Gasteiger charge is 2.56. The largest absolute Gasteiger partial charge is 0.370 e. The number of hydrogen-bond acceptors (Lipinski definition) is 4. The van der Waals surface area contributed by atoms with Gasteiger partial charge in [0.05, 0.1) is 25.4 Å². The highest BCUT2D eigenvalue weighted by molar-refractivity contribution is 5.15. The molecule has 2 aromatic rings. The SMILES string of the molecule is COC1OC2CC2C(OCc2ccccc2)C1OCc1ccccc1. The minimum absolute atomic E-state index is 0.00683. The second-order valence-electron chi connectivity index (χ2n) is 6.70. The van der Waals surface area contributed by atoms with Gasteiger partial charge in [-0.3, -0.25) is 0 Å². The van der Waals surface area contributed by atoms with Crippen molar-refractivity contribution in [1.82, 2.24) is 0 Å². The van der Waals surface area contributed by atoms with Crippen molar-refractivity contribution in [3.8, 4) is 0 Å². The van der Waals surface area contributed by atoms with E-state index in [2.05, 4.69) is 24.3 Å². The molecular formula is C21H24O4. The lowest BCUT2D eigenvalue weighted by molar-refractivity contribution is -0.262. The third-order valence-electron chi connectivity index (χ3n) is 4.90. The molecule has 5 atom stereocenters.